The summed E-state index contributed by atoms with van der Waals surface area (Å²) in [5.74, 6) is 0. The van der Waals surface area contributed by atoms with Gasteiger partial charge in [-0.3, -0.25) is 0 Å². The van der Waals surface area contributed by atoms with Crippen LogP contribution in [0.2, 0.25) is 0 Å². The maximum Gasteiger partial charge on any atom is 0 e. The van der Waals surface area contributed by atoms with Gasteiger partial charge in [-0.15, -0.1) is 17.0 Å². The molecule has 0 aromatic rings. The van der Waals surface area contributed by atoms with Crippen LogP contribution in [-0.4, -0.2) is 0 Å². The van der Waals surface area contributed by atoms with Crippen LogP contribution < -0.4 is 6.15 Å². The van der Waals surface area contributed by atoms with Crippen LogP contribution in [0.5, 0.6) is 0 Å². The van der Waals surface area contributed by atoms with Crippen molar-refractivity contribution in [3.63, 3.8) is 0 Å². The maximum atomic E-state index is 0. The average Bonchev–Trinajstić information content (AvgIpc) is 0. The Morgan fingerprint density at radius 1 is 0.667 bits per heavy atom. The molecule has 0 heterocycles. The number of hydrogen-bond acceptors (Lipinski definition) is 1. The Kier molecular flexibility index (Phi) is 3910. The van der Waals surface area contributed by atoms with E-state index in [9.17, 15) is 0 Å². The summed E-state index contributed by atoms with van der Waals surface area (Å²) in [6, 6.07) is 0. The van der Waals surface area contributed by atoms with Crippen molar-refractivity contribution < 1.29 is 22.4 Å². The second-order valence-electron chi connectivity index (χ2n) is 0. The second-order valence-corrected chi connectivity index (χ2v) is 0. The average molecular weight is 251 g/mol. The van der Waals surface area contributed by atoms with E-state index < -0.39 is 0 Å². The first-order chi connectivity index (χ1) is 0. The van der Waals surface area contributed by atoms with Crippen molar-refractivity contribution in [1.82, 2.24) is 6.15 Å². The van der Waals surface area contributed by atoms with E-state index in [1.54, 1.807) is 0 Å². The monoisotopic (exact) mass is 249 g/mol. The molecule has 0 aliphatic heterocycles. The Bertz CT molecular complexity index is 10.8. The van der Waals surface area contributed by atoms with E-state index in [1.807, 2.05) is 0 Å². The van der Waals surface area contributed by atoms with Gasteiger partial charge in [-0.2, -0.15) is 0 Å². The van der Waals surface area contributed by atoms with Crippen LogP contribution in [-0.2, 0) is 22.4 Å². The summed E-state index contributed by atoms with van der Waals surface area (Å²) < 4.78 is 0. The van der Waals surface area contributed by atoms with E-state index >= 15 is 0 Å². The van der Waals surface area contributed by atoms with E-state index in [1.165, 1.54) is 0 Å². The van der Waals surface area contributed by atoms with Crippen LogP contribution in [0.25, 0.3) is 0 Å². The SMILES string of the molecule is Br.N.[Ag].[CH3-].[CH3-].[CH3-]. The molecule has 1 nitrogen and oxygen atoms in total. The molecule has 51 valence electrons. The molecule has 0 fully saturated rings. The topological polar surface area (TPSA) is 35.0 Å². The standard InChI is InChI=1S/3CH3.Ag.BrH.H3N/h3*1H3;;1H;1H3/q3*-1;;;. The minimum Gasteiger partial charge on any atom is -0.358 e. The number of rotatable bonds is 0. The smallest absolute Gasteiger partial charge is 0 e. The molecule has 0 spiro atoms. The van der Waals surface area contributed by atoms with Gasteiger partial charge in [-0.25, -0.2) is 0 Å². The first-order valence-corrected chi connectivity index (χ1v) is 0. The third-order valence-corrected chi connectivity index (χ3v) is 0. The van der Waals surface area contributed by atoms with Crippen molar-refractivity contribution in [2.45, 2.75) is 0 Å². The Morgan fingerprint density at radius 3 is 0.667 bits per heavy atom. The van der Waals surface area contributed by atoms with Gasteiger partial charge >= 0.3 is 0 Å². The van der Waals surface area contributed by atoms with Crippen LogP contribution in [0.3, 0.4) is 0 Å². The minimum atomic E-state index is 0. The van der Waals surface area contributed by atoms with Crippen LogP contribution in [0, 0.1) is 22.3 Å². The van der Waals surface area contributed by atoms with Crippen LogP contribution in [0.15, 0.2) is 0 Å². The van der Waals surface area contributed by atoms with Gasteiger partial charge in [-0.05, 0) is 0 Å². The Balaban J connectivity index is 0. The van der Waals surface area contributed by atoms with Crippen molar-refractivity contribution >= 4 is 17.0 Å². The van der Waals surface area contributed by atoms with Crippen LogP contribution in [0.4, 0.5) is 0 Å². The van der Waals surface area contributed by atoms with Gasteiger partial charge in [0.2, 0.25) is 0 Å². The molecule has 0 rings (SSSR count). The molecule has 3 heteroatoms. The van der Waals surface area contributed by atoms with E-state index in [0.29, 0.717) is 0 Å². The van der Waals surface area contributed by atoms with Crippen molar-refractivity contribution in [1.29, 1.82) is 0 Å². The van der Waals surface area contributed by atoms with E-state index in [2.05, 4.69) is 0 Å². The Hall–Kier alpha value is 1.18. The fraction of sp³-hybridized carbons (Fsp3) is 0. The first-order valence-electron chi connectivity index (χ1n) is 0. The molecule has 0 saturated heterocycles. The molecular formula is C3H13AgBrN-3. The largest absolute Gasteiger partial charge is 0.358 e. The third-order valence-electron chi connectivity index (χ3n) is 0. The predicted molar refractivity (Wildman–Crippen MR) is 34.6 cm³/mol. The van der Waals surface area contributed by atoms with Gasteiger partial charge in [0, 0.05) is 22.4 Å². The quantitative estimate of drug-likeness (QED) is 0.519. The zero-order chi connectivity index (χ0) is 0. The van der Waals surface area contributed by atoms with Crippen molar-refractivity contribution in [2.24, 2.45) is 0 Å². The molecule has 0 saturated carbocycles. The molecular weight excluding hydrogens is 238 g/mol. The summed E-state index contributed by atoms with van der Waals surface area (Å²) in [6.07, 6.45) is 0. The zero-order valence-electron chi connectivity index (χ0n) is 4.42. The molecule has 0 atom stereocenters. The maximum absolute atomic E-state index is 0. The van der Waals surface area contributed by atoms with Gasteiger partial charge in [0.1, 0.15) is 0 Å². The summed E-state index contributed by atoms with van der Waals surface area (Å²) >= 11 is 0. The van der Waals surface area contributed by atoms with Crippen LogP contribution >= 0.6 is 17.0 Å². The normalized spacial score (nSPS) is 0. The van der Waals surface area contributed by atoms with Crippen molar-refractivity contribution in [2.75, 3.05) is 0 Å². The summed E-state index contributed by atoms with van der Waals surface area (Å²) in [6.45, 7) is 0. The third kappa shape index (κ3) is 65.0. The first kappa shape index (κ1) is 197. The fourth-order valence-electron chi connectivity index (χ4n) is 0. The molecule has 0 unspecified atom stereocenters. The summed E-state index contributed by atoms with van der Waals surface area (Å²) in [5.41, 5.74) is 0. The summed E-state index contributed by atoms with van der Waals surface area (Å²) in [4.78, 5) is 0. The molecule has 0 aliphatic rings. The number of halogens is 1. The Labute approximate surface area is 67.8 Å². The molecule has 0 amide bonds. The molecule has 1 radical (unpaired) electrons. The second kappa shape index (κ2) is 119. The molecule has 6 heavy (non-hydrogen) atoms. The van der Waals surface area contributed by atoms with Crippen molar-refractivity contribution in [3.05, 3.63) is 22.3 Å². The minimum absolute atomic E-state index is 0. The molecule has 0 bridgehead atoms. The Morgan fingerprint density at radius 2 is 0.667 bits per heavy atom. The fourth-order valence-corrected chi connectivity index (χ4v) is 0. The van der Waals surface area contributed by atoms with E-state index in [-0.39, 0.29) is 67.8 Å². The molecule has 0 aromatic carbocycles. The van der Waals surface area contributed by atoms with Gasteiger partial charge in [0.15, 0.2) is 0 Å². The summed E-state index contributed by atoms with van der Waals surface area (Å²) in [7, 11) is 0. The summed E-state index contributed by atoms with van der Waals surface area (Å²) in [5, 5.41) is 0. The van der Waals surface area contributed by atoms with Gasteiger partial charge in [0.25, 0.3) is 0 Å². The van der Waals surface area contributed by atoms with Gasteiger partial charge in [0.05, 0.1) is 0 Å². The predicted octanol–water partition coefficient (Wildman–Crippen LogP) is 2.09. The van der Waals surface area contributed by atoms with Crippen molar-refractivity contribution in [3.8, 4) is 0 Å². The van der Waals surface area contributed by atoms with Gasteiger partial charge < -0.3 is 28.4 Å². The van der Waals surface area contributed by atoms with Crippen LogP contribution in [0.1, 0.15) is 0 Å². The zero-order valence-corrected chi connectivity index (χ0v) is 7.61. The number of hydrogen-bond donors (Lipinski definition) is 1. The molecule has 0 aromatic heterocycles. The molecule has 0 aliphatic carbocycles. The van der Waals surface area contributed by atoms with E-state index in [4.69, 9.17) is 0 Å². The van der Waals surface area contributed by atoms with Gasteiger partial charge in [-0.1, -0.05) is 0 Å². The molecule has 3 N–H and O–H groups in total. The van der Waals surface area contributed by atoms with E-state index in [0.717, 1.165) is 0 Å².